The van der Waals surface area contributed by atoms with Gasteiger partial charge in [-0.15, -0.1) is 6.58 Å². The average molecular weight is 551 g/mol. The summed E-state index contributed by atoms with van der Waals surface area (Å²) in [5, 5.41) is 18.3. The van der Waals surface area contributed by atoms with E-state index in [2.05, 4.69) is 24.1 Å². The van der Waals surface area contributed by atoms with Gasteiger partial charge in [-0.1, -0.05) is 37.0 Å². The predicted octanol–water partition coefficient (Wildman–Crippen LogP) is 3.08. The van der Waals surface area contributed by atoms with Crippen molar-refractivity contribution in [2.45, 2.75) is 51.9 Å². The summed E-state index contributed by atoms with van der Waals surface area (Å²) in [6.07, 6.45) is 15.8. The third-order valence-electron chi connectivity index (χ3n) is 6.04. The highest BCUT2D eigenvalue weighted by molar-refractivity contribution is 5.81. The van der Waals surface area contributed by atoms with Crippen LogP contribution in [0.4, 0.5) is 0 Å². The third kappa shape index (κ3) is 23.0. The van der Waals surface area contributed by atoms with E-state index in [-0.39, 0.29) is 38.0 Å². The number of Topliss-reactive ketones (excluding diaryl/α,β-unsaturated/α-hetero) is 1. The van der Waals surface area contributed by atoms with Gasteiger partial charge in [0.05, 0.1) is 26.2 Å². The molecule has 0 saturated carbocycles. The fraction of sp³-hybridized carbons (Fsp3) is 0.633. The van der Waals surface area contributed by atoms with E-state index >= 15 is 0 Å². The first-order valence-electron chi connectivity index (χ1n) is 13.9. The minimum atomic E-state index is -0.412. The summed E-state index contributed by atoms with van der Waals surface area (Å²) in [4.78, 5) is 38.7. The van der Waals surface area contributed by atoms with Crippen molar-refractivity contribution in [2.24, 2.45) is 5.92 Å². The van der Waals surface area contributed by atoms with Crippen LogP contribution in [0.15, 0.2) is 49.6 Å². The van der Waals surface area contributed by atoms with Crippen molar-refractivity contribution in [3.05, 3.63) is 49.6 Å². The summed E-state index contributed by atoms with van der Waals surface area (Å²) < 4.78 is 10.3. The molecule has 0 aromatic heterocycles. The largest absolute Gasteiger partial charge is 0.462 e. The topological polar surface area (TPSA) is 117 Å². The van der Waals surface area contributed by atoms with Crippen LogP contribution in [0.2, 0.25) is 0 Å². The zero-order valence-corrected chi connectivity index (χ0v) is 23.8. The van der Waals surface area contributed by atoms with Crippen LogP contribution in [0, 0.1) is 5.92 Å². The molecule has 0 amide bonds. The summed E-state index contributed by atoms with van der Waals surface area (Å²) in [5.41, 5.74) is 0. The van der Waals surface area contributed by atoms with E-state index in [9.17, 15) is 14.4 Å². The fourth-order valence-corrected chi connectivity index (χ4v) is 3.75. The highest BCUT2D eigenvalue weighted by Crippen LogP contribution is 2.14. The van der Waals surface area contributed by atoms with Crippen LogP contribution >= 0.6 is 0 Å². The Labute approximate surface area is 234 Å². The summed E-state index contributed by atoms with van der Waals surface area (Å²) in [5.74, 6) is -0.243. The summed E-state index contributed by atoms with van der Waals surface area (Å²) in [7, 11) is 0. The molecule has 0 spiro atoms. The first-order chi connectivity index (χ1) is 18.9. The molecule has 9 nitrogen and oxygen atoms in total. The Morgan fingerprint density at radius 2 is 1.46 bits per heavy atom. The van der Waals surface area contributed by atoms with Gasteiger partial charge in [-0.3, -0.25) is 14.5 Å². The molecule has 0 rings (SSSR count). The van der Waals surface area contributed by atoms with E-state index in [0.29, 0.717) is 51.5 Å². The maximum Gasteiger partial charge on any atom is 0.330 e. The van der Waals surface area contributed by atoms with Gasteiger partial charge in [0.15, 0.2) is 0 Å². The van der Waals surface area contributed by atoms with Crippen LogP contribution in [-0.4, -0.2) is 103 Å². The van der Waals surface area contributed by atoms with Crippen molar-refractivity contribution in [2.75, 3.05) is 65.7 Å². The van der Waals surface area contributed by atoms with Gasteiger partial charge >= 0.3 is 11.9 Å². The molecule has 39 heavy (non-hydrogen) atoms. The van der Waals surface area contributed by atoms with Gasteiger partial charge in [-0.25, -0.2) is 4.79 Å². The molecule has 1 unspecified atom stereocenters. The Kier molecular flexibility index (Phi) is 24.0. The molecule has 0 saturated heterocycles. The van der Waals surface area contributed by atoms with Crippen LogP contribution < -0.4 is 0 Å². The SMILES string of the molecule is C=CC(=O)OCC/C=C\CC(C=C)CC/C=C/COC(=O)CCN(CCCN(CCO)CCO)CCC(C)=O. The van der Waals surface area contributed by atoms with Crippen LogP contribution in [-0.2, 0) is 23.9 Å². The number of hydrogen-bond acceptors (Lipinski definition) is 9. The minimum Gasteiger partial charge on any atom is -0.462 e. The number of esters is 2. The van der Waals surface area contributed by atoms with E-state index in [1.807, 2.05) is 29.2 Å². The molecule has 0 bridgehead atoms. The smallest absolute Gasteiger partial charge is 0.330 e. The molecule has 0 aromatic carbocycles. The van der Waals surface area contributed by atoms with E-state index < -0.39 is 5.97 Å². The molecule has 0 aliphatic heterocycles. The molecular formula is C30H50N2O7. The lowest BCUT2D eigenvalue weighted by Gasteiger charge is -2.24. The van der Waals surface area contributed by atoms with Crippen molar-refractivity contribution >= 4 is 17.7 Å². The normalized spacial score (nSPS) is 12.3. The lowest BCUT2D eigenvalue weighted by atomic mass is 9.99. The molecule has 0 heterocycles. The molecule has 9 heteroatoms. The quantitative estimate of drug-likeness (QED) is 0.0725. The Balaban J connectivity index is 4.24. The molecule has 222 valence electrons. The number of allylic oxidation sites excluding steroid dienone is 3. The number of aliphatic hydroxyl groups excluding tert-OH is 2. The fourth-order valence-electron chi connectivity index (χ4n) is 3.75. The van der Waals surface area contributed by atoms with Crippen LogP contribution in [0.1, 0.15) is 51.9 Å². The standard InChI is InChI=1S/C30H50N2O7/c1-4-28(13-8-6-10-25-38-29(36)5-2)14-9-7-11-26-39-30(37)16-20-31(19-15-27(3)35)17-12-18-32(21-23-33)22-24-34/h4-8,11,28,33-34H,1-2,9-10,12-26H2,3H3/b8-6-,11-7+. The summed E-state index contributed by atoms with van der Waals surface area (Å²) in [6, 6.07) is 0. The first-order valence-corrected chi connectivity index (χ1v) is 13.9. The zero-order valence-electron chi connectivity index (χ0n) is 23.8. The van der Waals surface area contributed by atoms with Crippen LogP contribution in [0.5, 0.6) is 0 Å². The Hall–Kier alpha value is -2.59. The number of aliphatic hydroxyl groups is 2. The van der Waals surface area contributed by atoms with Crippen molar-refractivity contribution < 1.29 is 34.1 Å². The van der Waals surface area contributed by atoms with E-state index in [1.165, 1.54) is 0 Å². The highest BCUT2D eigenvalue weighted by Gasteiger charge is 2.11. The Bertz CT molecular complexity index is 746. The van der Waals surface area contributed by atoms with Gasteiger partial charge in [0.25, 0.3) is 0 Å². The van der Waals surface area contributed by atoms with Gasteiger partial charge < -0.3 is 24.6 Å². The van der Waals surface area contributed by atoms with E-state index in [1.54, 1.807) is 6.92 Å². The monoisotopic (exact) mass is 550 g/mol. The molecule has 0 radical (unpaired) electrons. The number of nitrogens with zero attached hydrogens (tertiary/aromatic N) is 2. The maximum absolute atomic E-state index is 12.2. The highest BCUT2D eigenvalue weighted by atomic mass is 16.5. The number of ketones is 1. The van der Waals surface area contributed by atoms with E-state index in [4.69, 9.17) is 19.7 Å². The molecule has 0 fully saturated rings. The predicted molar refractivity (Wildman–Crippen MR) is 154 cm³/mol. The Morgan fingerprint density at radius 1 is 0.821 bits per heavy atom. The van der Waals surface area contributed by atoms with Gasteiger partial charge in [-0.2, -0.15) is 0 Å². The van der Waals surface area contributed by atoms with Gasteiger partial charge in [0.1, 0.15) is 12.4 Å². The third-order valence-corrected chi connectivity index (χ3v) is 6.04. The number of carbonyl (C=O) groups excluding carboxylic acids is 3. The average Bonchev–Trinajstić information content (AvgIpc) is 2.92. The number of hydrogen-bond donors (Lipinski definition) is 2. The number of ether oxygens (including phenoxy) is 2. The maximum atomic E-state index is 12.2. The molecule has 0 aliphatic rings. The minimum absolute atomic E-state index is 0.0402. The summed E-state index contributed by atoms with van der Waals surface area (Å²) >= 11 is 0. The molecule has 0 aromatic rings. The second-order valence-electron chi connectivity index (χ2n) is 9.28. The van der Waals surface area contributed by atoms with Crippen LogP contribution in [0.3, 0.4) is 0 Å². The van der Waals surface area contributed by atoms with Crippen molar-refractivity contribution in [1.82, 2.24) is 9.80 Å². The number of carbonyl (C=O) groups is 3. The lowest BCUT2D eigenvalue weighted by molar-refractivity contribution is -0.142. The number of rotatable bonds is 26. The van der Waals surface area contributed by atoms with Crippen molar-refractivity contribution in [3.8, 4) is 0 Å². The van der Waals surface area contributed by atoms with Crippen LogP contribution in [0.25, 0.3) is 0 Å². The second-order valence-corrected chi connectivity index (χ2v) is 9.28. The van der Waals surface area contributed by atoms with Crippen molar-refractivity contribution in [1.29, 1.82) is 0 Å². The second kappa shape index (κ2) is 25.7. The lowest BCUT2D eigenvalue weighted by Crippen LogP contribution is -2.35. The first kappa shape index (κ1) is 36.4. The summed E-state index contributed by atoms with van der Waals surface area (Å²) in [6.45, 7) is 13.0. The molecule has 1 atom stereocenters. The van der Waals surface area contributed by atoms with Gasteiger partial charge in [0, 0.05) is 38.7 Å². The molecule has 0 aliphatic carbocycles. The van der Waals surface area contributed by atoms with Gasteiger partial charge in [0.2, 0.25) is 0 Å². The molecular weight excluding hydrogens is 500 g/mol. The Morgan fingerprint density at radius 3 is 2.08 bits per heavy atom. The zero-order chi connectivity index (χ0) is 29.1. The molecule has 2 N–H and O–H groups in total. The van der Waals surface area contributed by atoms with E-state index in [0.717, 1.165) is 44.8 Å². The van der Waals surface area contributed by atoms with Gasteiger partial charge in [-0.05, 0) is 58.0 Å². The van der Waals surface area contributed by atoms with Crippen molar-refractivity contribution in [3.63, 3.8) is 0 Å².